The Morgan fingerprint density at radius 3 is 2.46 bits per heavy atom. The molecule has 0 bridgehead atoms. The molecule has 2 fully saturated rings. The zero-order valence-electron chi connectivity index (χ0n) is 15.3. The average molecular weight is 352 g/mol. The number of piperidine rings is 1. The first-order valence-corrected chi connectivity index (χ1v) is 9.16. The summed E-state index contributed by atoms with van der Waals surface area (Å²) < 4.78 is 1.78. The number of aromatic nitrogens is 2. The number of hydrogen-bond acceptors (Lipinski definition) is 3. The highest BCUT2D eigenvalue weighted by atomic mass is 16.2. The molecule has 1 spiro atoms. The zero-order valence-corrected chi connectivity index (χ0v) is 15.3. The molecule has 2 amide bonds. The zero-order chi connectivity index (χ0) is 18.3. The van der Waals surface area contributed by atoms with Gasteiger partial charge in [0.2, 0.25) is 5.91 Å². The second-order valence-electron chi connectivity index (χ2n) is 7.50. The first kappa shape index (κ1) is 16.8. The topological polar surface area (TPSA) is 58.4 Å². The quantitative estimate of drug-likeness (QED) is 0.833. The fourth-order valence-electron chi connectivity index (χ4n) is 4.12. The van der Waals surface area contributed by atoms with Crippen molar-refractivity contribution >= 4 is 11.8 Å². The molecule has 2 aliphatic rings. The molecule has 0 unspecified atom stereocenters. The minimum Gasteiger partial charge on any atom is -0.345 e. The van der Waals surface area contributed by atoms with Crippen LogP contribution >= 0.6 is 0 Å². The summed E-state index contributed by atoms with van der Waals surface area (Å²) in [6.45, 7) is 4.06. The summed E-state index contributed by atoms with van der Waals surface area (Å²) in [4.78, 5) is 29.1. The van der Waals surface area contributed by atoms with Crippen LogP contribution in [0.4, 0.5) is 0 Å². The molecule has 0 aliphatic carbocycles. The van der Waals surface area contributed by atoms with Crippen LogP contribution in [0.5, 0.6) is 0 Å². The van der Waals surface area contributed by atoms with Gasteiger partial charge >= 0.3 is 0 Å². The smallest absolute Gasteiger partial charge is 0.253 e. The van der Waals surface area contributed by atoms with Gasteiger partial charge in [-0.15, -0.1) is 0 Å². The molecule has 0 atom stereocenters. The molecule has 136 valence electrons. The molecule has 4 rings (SSSR count). The van der Waals surface area contributed by atoms with Crippen LogP contribution in [0.2, 0.25) is 0 Å². The van der Waals surface area contributed by atoms with E-state index < -0.39 is 0 Å². The molecule has 0 saturated carbocycles. The molecule has 6 heteroatoms. The number of amides is 2. The molecular formula is C20H24N4O2. The third-order valence-corrected chi connectivity index (χ3v) is 5.81. The van der Waals surface area contributed by atoms with Crippen molar-refractivity contribution in [3.63, 3.8) is 0 Å². The fourth-order valence-corrected chi connectivity index (χ4v) is 4.12. The second-order valence-corrected chi connectivity index (χ2v) is 7.50. The monoisotopic (exact) mass is 352 g/mol. The molecule has 6 nitrogen and oxygen atoms in total. The number of nitrogens with zero attached hydrogens (tertiary/aromatic N) is 4. The van der Waals surface area contributed by atoms with Crippen molar-refractivity contribution in [1.29, 1.82) is 0 Å². The fraction of sp³-hybridized carbons (Fsp3) is 0.450. The predicted octanol–water partition coefficient (Wildman–Crippen LogP) is 2.27. The third-order valence-electron chi connectivity index (χ3n) is 5.81. The largest absolute Gasteiger partial charge is 0.345 e. The van der Waals surface area contributed by atoms with Crippen molar-refractivity contribution in [2.75, 3.05) is 26.7 Å². The summed E-state index contributed by atoms with van der Waals surface area (Å²) in [5.74, 6) is 0.282. The summed E-state index contributed by atoms with van der Waals surface area (Å²) in [5, 5.41) is 4.41. The number of aryl methyl sites for hydroxylation is 1. The second kappa shape index (κ2) is 6.27. The van der Waals surface area contributed by atoms with Gasteiger partial charge in [0.25, 0.3) is 5.91 Å². The molecule has 1 aromatic carbocycles. The van der Waals surface area contributed by atoms with Crippen LogP contribution in [0.15, 0.2) is 36.5 Å². The van der Waals surface area contributed by atoms with Crippen LogP contribution in [-0.2, 0) is 4.79 Å². The summed E-state index contributed by atoms with van der Waals surface area (Å²) in [7, 11) is 1.87. The number of carbonyl (C=O) groups is 2. The Morgan fingerprint density at radius 2 is 1.85 bits per heavy atom. The maximum absolute atomic E-state index is 12.9. The van der Waals surface area contributed by atoms with E-state index in [4.69, 9.17) is 0 Å². The summed E-state index contributed by atoms with van der Waals surface area (Å²) >= 11 is 0. The van der Waals surface area contributed by atoms with Gasteiger partial charge in [-0.2, -0.15) is 5.10 Å². The van der Waals surface area contributed by atoms with E-state index in [1.807, 2.05) is 60.3 Å². The maximum Gasteiger partial charge on any atom is 0.253 e. The van der Waals surface area contributed by atoms with Crippen LogP contribution in [0.25, 0.3) is 5.69 Å². The molecule has 26 heavy (non-hydrogen) atoms. The van der Waals surface area contributed by atoms with Crippen molar-refractivity contribution in [2.24, 2.45) is 5.41 Å². The van der Waals surface area contributed by atoms with E-state index >= 15 is 0 Å². The number of rotatable bonds is 2. The van der Waals surface area contributed by atoms with Gasteiger partial charge in [0.05, 0.1) is 16.8 Å². The molecule has 2 aromatic rings. The van der Waals surface area contributed by atoms with Gasteiger partial charge in [-0.25, -0.2) is 4.68 Å². The lowest BCUT2D eigenvalue weighted by Gasteiger charge is -2.37. The van der Waals surface area contributed by atoms with Crippen molar-refractivity contribution in [3.8, 4) is 5.69 Å². The Kier molecular flexibility index (Phi) is 4.05. The molecule has 1 aromatic heterocycles. The van der Waals surface area contributed by atoms with Crippen LogP contribution in [0.3, 0.4) is 0 Å². The van der Waals surface area contributed by atoms with Crippen molar-refractivity contribution in [2.45, 2.75) is 26.2 Å². The van der Waals surface area contributed by atoms with Gasteiger partial charge in [-0.3, -0.25) is 9.59 Å². The minimum atomic E-state index is -0.236. The Labute approximate surface area is 153 Å². The van der Waals surface area contributed by atoms with Crippen molar-refractivity contribution in [3.05, 3.63) is 47.8 Å². The summed E-state index contributed by atoms with van der Waals surface area (Å²) in [5.41, 5.74) is 2.25. The number of hydrogen-bond donors (Lipinski definition) is 0. The lowest BCUT2D eigenvalue weighted by molar-refractivity contribution is -0.137. The van der Waals surface area contributed by atoms with Crippen LogP contribution < -0.4 is 0 Å². The van der Waals surface area contributed by atoms with E-state index in [2.05, 4.69) is 5.10 Å². The van der Waals surface area contributed by atoms with Crippen LogP contribution in [-0.4, -0.2) is 58.1 Å². The number of likely N-dealkylation sites (tertiary alicyclic amines) is 2. The van der Waals surface area contributed by atoms with Gasteiger partial charge < -0.3 is 9.80 Å². The highest BCUT2D eigenvalue weighted by molar-refractivity contribution is 5.95. The van der Waals surface area contributed by atoms with E-state index in [1.165, 1.54) is 0 Å². The van der Waals surface area contributed by atoms with Gasteiger partial charge in [0.1, 0.15) is 0 Å². The Bertz CT molecular complexity index is 849. The number of carbonyl (C=O) groups excluding carboxylic acids is 2. The van der Waals surface area contributed by atoms with E-state index in [-0.39, 0.29) is 17.2 Å². The first-order chi connectivity index (χ1) is 12.5. The highest BCUT2D eigenvalue weighted by Gasteiger charge is 2.47. The molecule has 2 saturated heterocycles. The van der Waals surface area contributed by atoms with Crippen LogP contribution in [0.1, 0.15) is 35.3 Å². The van der Waals surface area contributed by atoms with E-state index in [1.54, 1.807) is 4.68 Å². The van der Waals surface area contributed by atoms with Gasteiger partial charge in [-0.1, -0.05) is 6.07 Å². The standard InChI is InChI=1S/C20H24N4O2/c1-15-6-10-24(21-15)17-5-3-4-16(14-17)18(25)23-12-8-20(9-13-23)7-11-22(2)19(20)26/h3-6,10,14H,7-9,11-13H2,1-2H3. The lowest BCUT2D eigenvalue weighted by Crippen LogP contribution is -2.46. The molecule has 3 heterocycles. The predicted molar refractivity (Wildman–Crippen MR) is 98.1 cm³/mol. The normalized spacial score (nSPS) is 19.4. The average Bonchev–Trinajstić information content (AvgIpc) is 3.22. The van der Waals surface area contributed by atoms with Gasteiger partial charge in [0, 0.05) is 38.4 Å². The van der Waals surface area contributed by atoms with Crippen molar-refractivity contribution < 1.29 is 9.59 Å². The van der Waals surface area contributed by atoms with Gasteiger partial charge in [-0.05, 0) is 50.5 Å². The summed E-state index contributed by atoms with van der Waals surface area (Å²) in [6, 6.07) is 9.50. The molecule has 0 radical (unpaired) electrons. The van der Waals surface area contributed by atoms with Crippen LogP contribution in [0, 0.1) is 12.3 Å². The van der Waals surface area contributed by atoms with E-state index in [9.17, 15) is 9.59 Å². The third kappa shape index (κ3) is 2.79. The highest BCUT2D eigenvalue weighted by Crippen LogP contribution is 2.41. The molecular weight excluding hydrogens is 328 g/mol. The molecule has 0 N–H and O–H groups in total. The Morgan fingerprint density at radius 1 is 1.12 bits per heavy atom. The van der Waals surface area contributed by atoms with Gasteiger partial charge in [0.15, 0.2) is 0 Å². The van der Waals surface area contributed by atoms with Crippen molar-refractivity contribution in [1.82, 2.24) is 19.6 Å². The summed E-state index contributed by atoms with van der Waals surface area (Å²) in [6.07, 6.45) is 4.34. The van der Waals surface area contributed by atoms with E-state index in [0.29, 0.717) is 18.7 Å². The molecule has 2 aliphatic heterocycles. The van der Waals surface area contributed by atoms with E-state index in [0.717, 1.165) is 37.2 Å². The SMILES string of the molecule is Cc1ccn(-c2cccc(C(=O)N3CCC4(CCN(C)C4=O)CC3)c2)n1. The number of benzene rings is 1. The Balaban J connectivity index is 1.48. The minimum absolute atomic E-state index is 0.0318. The maximum atomic E-state index is 12.9. The first-order valence-electron chi connectivity index (χ1n) is 9.16. The lowest BCUT2D eigenvalue weighted by atomic mass is 9.77. The Hall–Kier alpha value is -2.63.